The molecule has 1 aromatic carbocycles. The molecular formula is C10H12FNO2. The number of aryl methyl sites for hydroxylation is 1. The summed E-state index contributed by atoms with van der Waals surface area (Å²) in [5.41, 5.74) is 1.13. The molecule has 4 heteroatoms. The van der Waals surface area contributed by atoms with Gasteiger partial charge in [0.25, 0.3) is 0 Å². The summed E-state index contributed by atoms with van der Waals surface area (Å²) in [4.78, 5) is 9.78. The highest BCUT2D eigenvalue weighted by molar-refractivity contribution is 5.42. The molecule has 0 saturated heterocycles. The Balaban J connectivity index is 3.34. The van der Waals surface area contributed by atoms with Gasteiger partial charge in [-0.1, -0.05) is 13.8 Å². The second kappa shape index (κ2) is 3.74. The molecule has 0 fully saturated rings. The second-order valence-corrected chi connectivity index (χ2v) is 3.57. The molecule has 1 rings (SSSR count). The van der Waals surface area contributed by atoms with E-state index < -0.39 is 16.4 Å². The molecule has 0 amide bonds. The van der Waals surface area contributed by atoms with Gasteiger partial charge < -0.3 is 0 Å². The van der Waals surface area contributed by atoms with E-state index in [1.807, 2.05) is 13.8 Å². The lowest BCUT2D eigenvalue weighted by Crippen LogP contribution is -1.98. The van der Waals surface area contributed by atoms with E-state index in [1.54, 1.807) is 6.92 Å². The molecule has 0 aliphatic heterocycles. The third-order valence-electron chi connectivity index (χ3n) is 2.15. The maximum absolute atomic E-state index is 13.1. The zero-order chi connectivity index (χ0) is 10.9. The zero-order valence-corrected chi connectivity index (χ0v) is 8.37. The highest BCUT2D eigenvalue weighted by Gasteiger charge is 2.17. The molecule has 0 unspecified atom stereocenters. The van der Waals surface area contributed by atoms with Gasteiger partial charge in [-0.25, -0.2) is 0 Å². The predicted molar refractivity (Wildman–Crippen MR) is 51.9 cm³/mol. The average Bonchev–Trinajstić information content (AvgIpc) is 2.02. The molecule has 76 valence electrons. The van der Waals surface area contributed by atoms with Crippen LogP contribution in [0.2, 0.25) is 0 Å². The van der Waals surface area contributed by atoms with Gasteiger partial charge in [0.05, 0.1) is 4.92 Å². The lowest BCUT2D eigenvalue weighted by molar-refractivity contribution is -0.387. The quantitative estimate of drug-likeness (QED) is 0.539. The van der Waals surface area contributed by atoms with Crippen molar-refractivity contribution in [3.63, 3.8) is 0 Å². The van der Waals surface area contributed by atoms with E-state index in [0.29, 0.717) is 0 Å². The SMILES string of the molecule is Cc1cc(F)c([N+](=O)[O-])cc1C(C)C. The lowest BCUT2D eigenvalue weighted by Gasteiger charge is -2.09. The predicted octanol–water partition coefficient (Wildman–Crippen LogP) is 3.17. The van der Waals surface area contributed by atoms with Gasteiger partial charge in [-0.3, -0.25) is 10.1 Å². The summed E-state index contributed by atoms with van der Waals surface area (Å²) in [6.45, 7) is 5.59. The van der Waals surface area contributed by atoms with Crippen molar-refractivity contribution in [1.29, 1.82) is 0 Å². The van der Waals surface area contributed by atoms with E-state index in [9.17, 15) is 14.5 Å². The van der Waals surface area contributed by atoms with Crippen molar-refractivity contribution >= 4 is 5.69 Å². The molecule has 0 saturated carbocycles. The van der Waals surface area contributed by atoms with Crippen molar-refractivity contribution in [2.24, 2.45) is 0 Å². The summed E-state index contributed by atoms with van der Waals surface area (Å²) in [7, 11) is 0. The Labute approximate surface area is 81.7 Å². The van der Waals surface area contributed by atoms with Crippen molar-refractivity contribution in [3.05, 3.63) is 39.2 Å². The average molecular weight is 197 g/mol. The van der Waals surface area contributed by atoms with E-state index in [2.05, 4.69) is 0 Å². The Kier molecular flexibility index (Phi) is 2.84. The smallest absolute Gasteiger partial charge is 0.258 e. The minimum Gasteiger partial charge on any atom is -0.258 e. The molecule has 0 radical (unpaired) electrons. The van der Waals surface area contributed by atoms with E-state index in [4.69, 9.17) is 0 Å². The number of rotatable bonds is 2. The highest BCUT2D eigenvalue weighted by Crippen LogP contribution is 2.26. The van der Waals surface area contributed by atoms with E-state index >= 15 is 0 Å². The number of hydrogen-bond donors (Lipinski definition) is 0. The summed E-state index contributed by atoms with van der Waals surface area (Å²) in [6.07, 6.45) is 0. The minimum absolute atomic E-state index is 0.161. The standard InChI is InChI=1S/C10H12FNO2/c1-6(2)8-5-10(12(13)14)9(11)4-7(8)3/h4-6H,1-3H3. The summed E-state index contributed by atoms with van der Waals surface area (Å²) >= 11 is 0. The monoisotopic (exact) mass is 197 g/mol. The molecule has 0 spiro atoms. The molecule has 1 aromatic rings. The normalized spacial score (nSPS) is 10.6. The van der Waals surface area contributed by atoms with E-state index in [0.717, 1.165) is 11.1 Å². The molecule has 0 heterocycles. The van der Waals surface area contributed by atoms with Crippen molar-refractivity contribution in [3.8, 4) is 0 Å². The Hall–Kier alpha value is -1.45. The molecule has 0 atom stereocenters. The number of nitro groups is 1. The van der Waals surface area contributed by atoms with Crippen LogP contribution in [0.1, 0.15) is 30.9 Å². The number of halogens is 1. The number of benzene rings is 1. The summed E-state index contributed by atoms with van der Waals surface area (Å²) in [6, 6.07) is 2.53. The summed E-state index contributed by atoms with van der Waals surface area (Å²) in [5, 5.41) is 10.5. The van der Waals surface area contributed by atoms with Gasteiger partial charge in [0, 0.05) is 6.07 Å². The van der Waals surface area contributed by atoms with Crippen molar-refractivity contribution in [2.45, 2.75) is 26.7 Å². The van der Waals surface area contributed by atoms with Crippen LogP contribution in [-0.4, -0.2) is 4.92 Å². The van der Waals surface area contributed by atoms with Gasteiger partial charge in [-0.05, 0) is 30.0 Å². The number of hydrogen-bond acceptors (Lipinski definition) is 2. The van der Waals surface area contributed by atoms with Crippen LogP contribution in [0.25, 0.3) is 0 Å². The maximum atomic E-state index is 13.1. The molecular weight excluding hydrogens is 185 g/mol. The first-order valence-electron chi connectivity index (χ1n) is 4.38. The van der Waals surface area contributed by atoms with Gasteiger partial charge in [0.1, 0.15) is 0 Å². The summed E-state index contributed by atoms with van der Waals surface area (Å²) < 4.78 is 13.1. The molecule has 3 nitrogen and oxygen atoms in total. The molecule has 0 aliphatic carbocycles. The van der Waals surface area contributed by atoms with E-state index in [1.165, 1.54) is 12.1 Å². The third kappa shape index (κ3) is 1.89. The Morgan fingerprint density at radius 3 is 2.43 bits per heavy atom. The van der Waals surface area contributed by atoms with Gasteiger partial charge in [-0.15, -0.1) is 0 Å². The van der Waals surface area contributed by atoms with Crippen LogP contribution in [-0.2, 0) is 0 Å². The maximum Gasteiger partial charge on any atom is 0.305 e. The first-order valence-corrected chi connectivity index (χ1v) is 4.38. The Bertz CT molecular complexity index is 375. The van der Waals surface area contributed by atoms with Gasteiger partial charge in [-0.2, -0.15) is 4.39 Å². The fourth-order valence-corrected chi connectivity index (χ4v) is 1.44. The van der Waals surface area contributed by atoms with Gasteiger partial charge in [0.2, 0.25) is 5.82 Å². The molecule has 0 N–H and O–H groups in total. The summed E-state index contributed by atoms with van der Waals surface area (Å²) in [5.74, 6) is -0.605. The Morgan fingerprint density at radius 1 is 1.43 bits per heavy atom. The zero-order valence-electron chi connectivity index (χ0n) is 8.37. The minimum atomic E-state index is -0.767. The van der Waals surface area contributed by atoms with Crippen LogP contribution in [0, 0.1) is 22.9 Å². The topological polar surface area (TPSA) is 43.1 Å². The first-order chi connectivity index (χ1) is 6.43. The van der Waals surface area contributed by atoms with Gasteiger partial charge >= 0.3 is 5.69 Å². The Morgan fingerprint density at radius 2 is 2.00 bits per heavy atom. The van der Waals surface area contributed by atoms with Crippen LogP contribution in [0.4, 0.5) is 10.1 Å². The number of nitrogens with zero attached hydrogens (tertiary/aromatic N) is 1. The van der Waals surface area contributed by atoms with Crippen LogP contribution in [0.15, 0.2) is 12.1 Å². The first kappa shape index (κ1) is 10.6. The molecule has 0 bridgehead atoms. The van der Waals surface area contributed by atoms with Crippen LogP contribution in [0.5, 0.6) is 0 Å². The van der Waals surface area contributed by atoms with Crippen molar-refractivity contribution in [1.82, 2.24) is 0 Å². The fraction of sp³-hybridized carbons (Fsp3) is 0.400. The fourth-order valence-electron chi connectivity index (χ4n) is 1.44. The molecule has 0 aromatic heterocycles. The van der Waals surface area contributed by atoms with Crippen molar-refractivity contribution < 1.29 is 9.31 Å². The highest BCUT2D eigenvalue weighted by atomic mass is 19.1. The largest absolute Gasteiger partial charge is 0.305 e. The van der Waals surface area contributed by atoms with E-state index in [-0.39, 0.29) is 5.92 Å². The van der Waals surface area contributed by atoms with Crippen LogP contribution >= 0.6 is 0 Å². The molecule has 0 aliphatic rings. The van der Waals surface area contributed by atoms with Crippen LogP contribution in [0.3, 0.4) is 0 Å². The lowest BCUT2D eigenvalue weighted by atomic mass is 9.97. The third-order valence-corrected chi connectivity index (χ3v) is 2.15. The molecule has 14 heavy (non-hydrogen) atoms. The number of nitro benzene ring substituents is 1. The van der Waals surface area contributed by atoms with Gasteiger partial charge in [0.15, 0.2) is 0 Å². The van der Waals surface area contributed by atoms with Crippen LogP contribution < -0.4 is 0 Å². The second-order valence-electron chi connectivity index (χ2n) is 3.57. The van der Waals surface area contributed by atoms with Crippen molar-refractivity contribution in [2.75, 3.05) is 0 Å².